The number of rotatable bonds is 2. The fourth-order valence-electron chi connectivity index (χ4n) is 3.56. The summed E-state index contributed by atoms with van der Waals surface area (Å²) in [5.74, 6) is -0.250. The molecule has 0 spiro atoms. The van der Waals surface area contributed by atoms with Gasteiger partial charge in [-0.25, -0.2) is 13.9 Å². The number of anilines is 1. The molecule has 1 aromatic carbocycles. The molecule has 1 aliphatic heterocycles. The van der Waals surface area contributed by atoms with Crippen LogP contribution in [0, 0.1) is 22.6 Å². The number of amides is 2. The van der Waals surface area contributed by atoms with Gasteiger partial charge in [0.05, 0.1) is 24.4 Å². The van der Waals surface area contributed by atoms with Crippen LogP contribution in [0.15, 0.2) is 36.7 Å². The van der Waals surface area contributed by atoms with Crippen molar-refractivity contribution in [3.63, 3.8) is 0 Å². The molecule has 4 rings (SSSR count). The third kappa shape index (κ3) is 3.82. The van der Waals surface area contributed by atoms with Gasteiger partial charge in [0.1, 0.15) is 11.5 Å². The quantitative estimate of drug-likeness (QED) is 0.698. The molecule has 0 saturated carbocycles. The highest BCUT2D eigenvalue weighted by atomic mass is 19.1. The molecule has 3 aromatic rings. The van der Waals surface area contributed by atoms with Gasteiger partial charge >= 0.3 is 6.03 Å². The normalized spacial score (nSPS) is 15.3. The first-order chi connectivity index (χ1) is 13.8. The number of H-pyrrole nitrogens is 1. The molecule has 0 unspecified atom stereocenters. The molecule has 8 nitrogen and oxygen atoms in total. The maximum atomic E-state index is 14.2. The van der Waals surface area contributed by atoms with E-state index >= 15 is 0 Å². The number of nitrogens with zero attached hydrogens (tertiary/aromatic N) is 5. The number of halogens is 1. The molecule has 3 heterocycles. The van der Waals surface area contributed by atoms with Crippen molar-refractivity contribution in [3.05, 3.63) is 59.3 Å². The van der Waals surface area contributed by atoms with Crippen LogP contribution in [0.2, 0.25) is 0 Å². The second-order valence-electron chi connectivity index (χ2n) is 7.92. The number of fused-ring (bicyclic) bond motifs is 1. The summed E-state index contributed by atoms with van der Waals surface area (Å²) in [7, 11) is 0. The number of aromatic amines is 1. The Kier molecular flexibility index (Phi) is 4.54. The number of hydrogen-bond acceptors (Lipinski definition) is 4. The molecular formula is C20H20FN7O. The van der Waals surface area contributed by atoms with Gasteiger partial charge in [-0.1, -0.05) is 13.8 Å². The highest BCUT2D eigenvalue weighted by Crippen LogP contribution is 2.29. The predicted molar refractivity (Wildman–Crippen MR) is 104 cm³/mol. The number of aromatic nitrogens is 4. The number of urea groups is 1. The van der Waals surface area contributed by atoms with Crippen LogP contribution in [0.4, 0.5) is 15.0 Å². The fourth-order valence-corrected chi connectivity index (χ4v) is 3.56. The first-order valence-corrected chi connectivity index (χ1v) is 9.17. The van der Waals surface area contributed by atoms with Crippen molar-refractivity contribution < 1.29 is 9.18 Å². The van der Waals surface area contributed by atoms with E-state index in [4.69, 9.17) is 5.26 Å². The maximum Gasteiger partial charge on any atom is 0.323 e. The van der Waals surface area contributed by atoms with E-state index in [-0.39, 0.29) is 22.7 Å². The average molecular weight is 393 g/mol. The second kappa shape index (κ2) is 7.05. The summed E-state index contributed by atoms with van der Waals surface area (Å²) < 4.78 is 15.5. The van der Waals surface area contributed by atoms with Gasteiger partial charge in [-0.3, -0.25) is 10.4 Å². The summed E-state index contributed by atoms with van der Waals surface area (Å²) in [6, 6.07) is 7.35. The number of hydrogen-bond donors (Lipinski definition) is 2. The van der Waals surface area contributed by atoms with E-state index in [1.54, 1.807) is 23.4 Å². The van der Waals surface area contributed by atoms with Gasteiger partial charge in [0, 0.05) is 30.1 Å². The van der Waals surface area contributed by atoms with E-state index in [1.807, 2.05) is 6.07 Å². The van der Waals surface area contributed by atoms with E-state index in [9.17, 15) is 9.18 Å². The van der Waals surface area contributed by atoms with Crippen molar-refractivity contribution >= 4 is 11.8 Å². The van der Waals surface area contributed by atoms with Crippen molar-refractivity contribution in [3.8, 4) is 11.8 Å². The van der Waals surface area contributed by atoms with E-state index in [1.165, 1.54) is 16.8 Å². The van der Waals surface area contributed by atoms with Crippen LogP contribution in [-0.2, 0) is 13.0 Å². The van der Waals surface area contributed by atoms with Crippen LogP contribution in [0.5, 0.6) is 0 Å². The van der Waals surface area contributed by atoms with E-state index in [2.05, 4.69) is 34.5 Å². The molecule has 1 aliphatic rings. The molecule has 0 aliphatic carbocycles. The SMILES string of the molecule is CC1(C)Cc2[nH]ncc2CN(C(=O)Nc2ccn(-c3ccc(C#N)cc3F)n2)C1. The van der Waals surface area contributed by atoms with Crippen LogP contribution in [0.25, 0.3) is 5.69 Å². The first kappa shape index (κ1) is 18.7. The second-order valence-corrected chi connectivity index (χ2v) is 7.92. The third-order valence-electron chi connectivity index (χ3n) is 4.88. The molecule has 0 radical (unpaired) electrons. The molecule has 0 saturated heterocycles. The lowest BCUT2D eigenvalue weighted by Crippen LogP contribution is -2.40. The van der Waals surface area contributed by atoms with Crippen molar-refractivity contribution in [2.75, 3.05) is 11.9 Å². The lowest BCUT2D eigenvalue weighted by molar-refractivity contribution is 0.180. The summed E-state index contributed by atoms with van der Waals surface area (Å²) in [5, 5.41) is 23.0. The predicted octanol–water partition coefficient (Wildman–Crippen LogP) is 3.22. The number of nitriles is 1. The van der Waals surface area contributed by atoms with Crippen LogP contribution in [0.1, 0.15) is 30.7 Å². The van der Waals surface area contributed by atoms with Gasteiger partial charge in [-0.2, -0.15) is 10.4 Å². The van der Waals surface area contributed by atoms with Crippen molar-refractivity contribution in [2.24, 2.45) is 5.41 Å². The molecule has 0 bridgehead atoms. The number of benzene rings is 1. The van der Waals surface area contributed by atoms with Crippen molar-refractivity contribution in [1.82, 2.24) is 24.9 Å². The summed E-state index contributed by atoms with van der Waals surface area (Å²) in [6.07, 6.45) is 4.11. The lowest BCUT2D eigenvalue weighted by atomic mass is 9.88. The van der Waals surface area contributed by atoms with Gasteiger partial charge in [0.2, 0.25) is 0 Å². The Hall–Kier alpha value is -3.67. The van der Waals surface area contributed by atoms with Crippen LogP contribution < -0.4 is 5.32 Å². The molecule has 2 N–H and O–H groups in total. The summed E-state index contributed by atoms with van der Waals surface area (Å²) >= 11 is 0. The maximum absolute atomic E-state index is 14.2. The Morgan fingerprint density at radius 2 is 2.21 bits per heavy atom. The number of carbonyl (C=O) groups is 1. The smallest absolute Gasteiger partial charge is 0.319 e. The standard InChI is InChI=1S/C20H20FN7O/c1-20(2)8-16-14(10-23-25-16)11-27(12-20)19(29)24-18-5-6-28(26-18)17-4-3-13(9-22)7-15(17)21/h3-7,10H,8,11-12H2,1-2H3,(H,23,25)(H,24,26,29). The molecule has 148 valence electrons. The Bertz CT molecular complexity index is 1110. The first-order valence-electron chi connectivity index (χ1n) is 9.17. The van der Waals surface area contributed by atoms with Gasteiger partial charge in [0.15, 0.2) is 5.82 Å². The fraction of sp³-hybridized carbons (Fsp3) is 0.300. The zero-order valence-corrected chi connectivity index (χ0v) is 16.1. The Labute approximate surface area is 166 Å². The van der Waals surface area contributed by atoms with E-state index in [0.717, 1.165) is 23.7 Å². The molecule has 2 aromatic heterocycles. The third-order valence-corrected chi connectivity index (χ3v) is 4.88. The van der Waals surface area contributed by atoms with Crippen LogP contribution in [-0.4, -0.2) is 37.5 Å². The summed E-state index contributed by atoms with van der Waals surface area (Å²) in [5.41, 5.74) is 2.36. The highest BCUT2D eigenvalue weighted by molar-refractivity contribution is 5.88. The van der Waals surface area contributed by atoms with E-state index < -0.39 is 5.82 Å². The number of nitrogens with one attached hydrogen (secondary N) is 2. The van der Waals surface area contributed by atoms with Gasteiger partial charge in [-0.05, 0) is 30.0 Å². The molecule has 29 heavy (non-hydrogen) atoms. The minimum atomic E-state index is -0.563. The van der Waals surface area contributed by atoms with Gasteiger partial charge < -0.3 is 4.90 Å². The Morgan fingerprint density at radius 1 is 1.38 bits per heavy atom. The summed E-state index contributed by atoms with van der Waals surface area (Å²) in [4.78, 5) is 14.6. The van der Waals surface area contributed by atoms with Crippen LogP contribution in [0.3, 0.4) is 0 Å². The highest BCUT2D eigenvalue weighted by Gasteiger charge is 2.31. The Balaban J connectivity index is 1.52. The average Bonchev–Trinajstić information content (AvgIpc) is 3.27. The largest absolute Gasteiger partial charge is 0.323 e. The topological polar surface area (TPSA) is 103 Å². The number of carbonyl (C=O) groups excluding carboxylic acids is 1. The van der Waals surface area contributed by atoms with Gasteiger partial charge in [-0.15, -0.1) is 5.10 Å². The van der Waals surface area contributed by atoms with Crippen LogP contribution >= 0.6 is 0 Å². The minimum absolute atomic E-state index is 0.111. The van der Waals surface area contributed by atoms with Crippen molar-refractivity contribution in [1.29, 1.82) is 5.26 Å². The zero-order chi connectivity index (χ0) is 20.6. The minimum Gasteiger partial charge on any atom is -0.319 e. The summed E-state index contributed by atoms with van der Waals surface area (Å²) in [6.45, 7) is 5.23. The van der Waals surface area contributed by atoms with Crippen molar-refractivity contribution in [2.45, 2.75) is 26.8 Å². The zero-order valence-electron chi connectivity index (χ0n) is 16.1. The lowest BCUT2D eigenvalue weighted by Gasteiger charge is -2.29. The van der Waals surface area contributed by atoms with E-state index in [0.29, 0.717) is 18.9 Å². The monoisotopic (exact) mass is 393 g/mol. The molecule has 9 heteroatoms. The molecule has 2 amide bonds. The van der Waals surface area contributed by atoms with Gasteiger partial charge in [0.25, 0.3) is 0 Å². The molecule has 0 atom stereocenters. The molecule has 0 fully saturated rings. The Morgan fingerprint density at radius 3 is 2.97 bits per heavy atom. The molecular weight excluding hydrogens is 373 g/mol.